The van der Waals surface area contributed by atoms with Gasteiger partial charge in [0.25, 0.3) is 17.6 Å². The van der Waals surface area contributed by atoms with E-state index in [2.05, 4.69) is 5.32 Å². The Bertz CT molecular complexity index is 1340. The van der Waals surface area contributed by atoms with Crippen LogP contribution in [0.1, 0.15) is 31.8 Å². The first-order valence-corrected chi connectivity index (χ1v) is 10.7. The van der Waals surface area contributed by atoms with Gasteiger partial charge in [0.2, 0.25) is 0 Å². The Kier molecular flexibility index (Phi) is 6.39. The first-order chi connectivity index (χ1) is 16.0. The first-order valence-electron chi connectivity index (χ1n) is 9.61. The first kappa shape index (κ1) is 23.8. The number of fused-ring (bicyclic) bond motifs is 1. The smallest absolute Gasteiger partial charge is 0.299 e. The lowest BCUT2D eigenvalue weighted by Gasteiger charge is -2.18. The van der Waals surface area contributed by atoms with E-state index in [0.717, 1.165) is 17.0 Å². The average Bonchev–Trinajstić information content (AvgIpc) is 2.97. The molecule has 0 aliphatic carbocycles. The van der Waals surface area contributed by atoms with E-state index in [1.54, 1.807) is 22.6 Å². The minimum Gasteiger partial charge on any atom is -0.348 e. The third-order valence-electron chi connectivity index (χ3n) is 5.08. The maximum atomic E-state index is 13.8. The van der Waals surface area contributed by atoms with Crippen molar-refractivity contribution >= 4 is 45.9 Å². The molecule has 1 heterocycles. The van der Waals surface area contributed by atoms with Gasteiger partial charge in [-0.25, -0.2) is 22.0 Å². The van der Waals surface area contributed by atoms with Crippen LogP contribution in [0.4, 0.5) is 27.6 Å². The van der Waals surface area contributed by atoms with Gasteiger partial charge in [0, 0.05) is 39.4 Å². The number of nitrogens with zero attached hydrogens (tertiary/aromatic N) is 1. The molecule has 0 bridgehead atoms. The van der Waals surface area contributed by atoms with Crippen molar-refractivity contribution in [2.24, 2.45) is 0 Å². The monoisotopic (exact) mass is 586 g/mol. The van der Waals surface area contributed by atoms with Gasteiger partial charge in [-0.15, -0.1) is 0 Å². The summed E-state index contributed by atoms with van der Waals surface area (Å²) < 4.78 is 68.2. The summed E-state index contributed by atoms with van der Waals surface area (Å²) in [6.45, 7) is -0.923. The topological polar surface area (TPSA) is 66.5 Å². The molecule has 11 heteroatoms. The summed E-state index contributed by atoms with van der Waals surface area (Å²) in [6.07, 6.45) is 0. The molecule has 0 atom stereocenters. The van der Waals surface area contributed by atoms with Crippen molar-refractivity contribution in [3.63, 3.8) is 0 Å². The number of rotatable bonds is 5. The summed E-state index contributed by atoms with van der Waals surface area (Å²) in [5, 5.41) is 2.30. The van der Waals surface area contributed by atoms with Crippen molar-refractivity contribution in [3.8, 4) is 0 Å². The molecule has 0 fully saturated rings. The molecule has 0 radical (unpaired) electrons. The molecule has 0 spiro atoms. The van der Waals surface area contributed by atoms with Crippen molar-refractivity contribution in [1.29, 1.82) is 0 Å². The van der Waals surface area contributed by atoms with Gasteiger partial charge < -0.3 is 10.2 Å². The predicted molar refractivity (Wildman–Crippen MR) is 119 cm³/mol. The summed E-state index contributed by atoms with van der Waals surface area (Å²) in [5.41, 5.74) is -0.432. The number of carbonyl (C=O) groups excluding carboxylic acids is 3. The fraction of sp³-hybridized carbons (Fsp3) is 0.0870. The second-order valence-corrected chi connectivity index (χ2v) is 8.54. The molecule has 3 aromatic rings. The maximum Gasteiger partial charge on any atom is 0.299 e. The second kappa shape index (κ2) is 9.12. The van der Waals surface area contributed by atoms with E-state index in [1.165, 1.54) is 12.1 Å². The minimum absolute atomic E-state index is 0.0228. The van der Waals surface area contributed by atoms with Crippen LogP contribution in [0.3, 0.4) is 0 Å². The lowest BCUT2D eigenvalue weighted by atomic mass is 10.1. The molecule has 0 saturated carbocycles. The largest absolute Gasteiger partial charge is 0.348 e. The molecular weight excluding hydrogens is 574 g/mol. The van der Waals surface area contributed by atoms with Gasteiger partial charge in [0.15, 0.2) is 0 Å². The highest BCUT2D eigenvalue weighted by Gasteiger charge is 2.38. The Hall–Kier alpha value is -3.35. The van der Waals surface area contributed by atoms with Gasteiger partial charge in [-0.3, -0.25) is 14.4 Å². The third-order valence-corrected chi connectivity index (χ3v) is 5.93. The Morgan fingerprint density at radius 2 is 1.44 bits per heavy atom. The molecule has 2 amide bonds. The molecule has 5 nitrogen and oxygen atoms in total. The summed E-state index contributed by atoms with van der Waals surface area (Å²) in [5.74, 6) is -7.76. The zero-order valence-corrected chi connectivity index (χ0v) is 19.1. The van der Waals surface area contributed by atoms with Crippen LogP contribution in [0, 0.1) is 32.7 Å². The Morgan fingerprint density at radius 1 is 0.853 bits per heavy atom. The molecule has 174 valence electrons. The number of amides is 2. The van der Waals surface area contributed by atoms with Crippen LogP contribution < -0.4 is 10.2 Å². The van der Waals surface area contributed by atoms with E-state index in [0.29, 0.717) is 18.2 Å². The average molecular weight is 586 g/mol. The van der Waals surface area contributed by atoms with Crippen molar-refractivity contribution in [1.82, 2.24) is 5.32 Å². The van der Waals surface area contributed by atoms with Crippen molar-refractivity contribution in [3.05, 3.63) is 97.4 Å². The third kappa shape index (κ3) is 4.52. The molecular formula is C23H12F5IN2O3. The molecule has 3 aromatic carbocycles. The van der Waals surface area contributed by atoms with Crippen LogP contribution in [0.5, 0.6) is 0 Å². The Balaban J connectivity index is 1.63. The number of Topliss-reactive ketones (excluding diaryl/α,β-unsaturated/α-hetero) is 1. The predicted octanol–water partition coefficient (Wildman–Crippen LogP) is 4.65. The molecule has 0 saturated heterocycles. The van der Waals surface area contributed by atoms with Gasteiger partial charge in [-0.1, -0.05) is 0 Å². The number of anilines is 1. The van der Waals surface area contributed by atoms with Gasteiger partial charge in [0.1, 0.15) is 29.1 Å². The molecule has 34 heavy (non-hydrogen) atoms. The van der Waals surface area contributed by atoms with Crippen LogP contribution in [0.15, 0.2) is 42.5 Å². The van der Waals surface area contributed by atoms with E-state index in [9.17, 15) is 36.3 Å². The van der Waals surface area contributed by atoms with E-state index in [1.807, 2.05) is 0 Å². The number of hydrogen-bond donors (Lipinski definition) is 1. The number of hydrogen-bond acceptors (Lipinski definition) is 3. The van der Waals surface area contributed by atoms with Crippen LogP contribution in [-0.2, 0) is 17.9 Å². The van der Waals surface area contributed by atoms with Crippen LogP contribution in [-0.4, -0.2) is 17.6 Å². The number of halogens is 6. The number of nitrogens with one attached hydrogen (secondary N) is 1. The zero-order chi connectivity index (χ0) is 24.7. The van der Waals surface area contributed by atoms with E-state index in [4.69, 9.17) is 0 Å². The highest BCUT2D eigenvalue weighted by atomic mass is 127. The molecule has 0 aromatic heterocycles. The summed E-state index contributed by atoms with van der Waals surface area (Å²) in [4.78, 5) is 38.7. The lowest BCUT2D eigenvalue weighted by Crippen LogP contribution is -2.29. The highest BCUT2D eigenvalue weighted by Crippen LogP contribution is 2.35. The van der Waals surface area contributed by atoms with E-state index < -0.39 is 58.8 Å². The molecule has 1 aliphatic heterocycles. The SMILES string of the molecule is O=C(NCc1c(F)cc(F)cc1F)c1cc(I)c2c(c1)N(Cc1cc(F)cc(F)c1)C(=O)C2=O. The molecule has 4 rings (SSSR count). The minimum atomic E-state index is -1.17. The van der Waals surface area contributed by atoms with Gasteiger partial charge >= 0.3 is 0 Å². The summed E-state index contributed by atoms with van der Waals surface area (Å²) in [6, 6.07) is 6.16. The lowest BCUT2D eigenvalue weighted by molar-refractivity contribution is -0.114. The van der Waals surface area contributed by atoms with Crippen LogP contribution in [0.2, 0.25) is 0 Å². The molecule has 0 unspecified atom stereocenters. The standard InChI is InChI=1S/C23H12F5IN2O3/c24-12-1-10(2-13(25)5-12)9-31-19-4-11(3-18(29)20(19)21(32)23(31)34)22(33)30-8-15-16(27)6-14(26)7-17(15)28/h1-7H,8-9H2,(H,30,33). The zero-order valence-electron chi connectivity index (χ0n) is 16.9. The quantitative estimate of drug-likeness (QED) is 0.269. The van der Waals surface area contributed by atoms with Crippen LogP contribution in [0.25, 0.3) is 0 Å². The highest BCUT2D eigenvalue weighted by molar-refractivity contribution is 14.1. The van der Waals surface area contributed by atoms with E-state index >= 15 is 0 Å². The van der Waals surface area contributed by atoms with Crippen LogP contribution >= 0.6 is 22.6 Å². The number of carbonyl (C=O) groups is 3. The van der Waals surface area contributed by atoms with Gasteiger partial charge in [0.05, 0.1) is 17.8 Å². The normalized spacial score (nSPS) is 12.8. The fourth-order valence-electron chi connectivity index (χ4n) is 3.55. The summed E-state index contributed by atoms with van der Waals surface area (Å²) in [7, 11) is 0. The Morgan fingerprint density at radius 3 is 2.06 bits per heavy atom. The fourth-order valence-corrected chi connectivity index (χ4v) is 4.41. The number of benzene rings is 3. The second-order valence-electron chi connectivity index (χ2n) is 7.38. The van der Waals surface area contributed by atoms with Gasteiger partial charge in [-0.2, -0.15) is 0 Å². The molecule has 1 aliphatic rings. The van der Waals surface area contributed by atoms with Crippen molar-refractivity contribution in [2.45, 2.75) is 13.1 Å². The maximum absolute atomic E-state index is 13.8. The van der Waals surface area contributed by atoms with Gasteiger partial charge in [-0.05, 0) is 52.4 Å². The molecule has 1 N–H and O–H groups in total. The van der Waals surface area contributed by atoms with Crippen molar-refractivity contribution < 1.29 is 36.3 Å². The summed E-state index contributed by atoms with van der Waals surface area (Å²) >= 11 is 1.75. The Labute approximate surface area is 202 Å². The van der Waals surface area contributed by atoms with E-state index in [-0.39, 0.29) is 32.5 Å². The van der Waals surface area contributed by atoms with Crippen molar-refractivity contribution in [2.75, 3.05) is 4.90 Å². The number of ketones is 1.